The zero-order valence-electron chi connectivity index (χ0n) is 10.6. The Labute approximate surface area is 109 Å². The highest BCUT2D eigenvalue weighted by Gasteiger charge is 2.39. The first kappa shape index (κ1) is 15.6. The number of carbonyl (C=O) groups excluding carboxylic acids is 1. The van der Waals surface area contributed by atoms with Crippen LogP contribution in [0.5, 0.6) is 0 Å². The molecule has 0 aromatic rings. The second kappa shape index (κ2) is 6.12. The molecular weight excluding hydrogens is 265 g/mol. The molecule has 1 N–H and O–H groups in total. The molecule has 1 rings (SSSR count). The molecule has 0 unspecified atom stereocenters. The second-order valence-electron chi connectivity index (χ2n) is 4.51. The quantitative estimate of drug-likeness (QED) is 0.857. The topological polar surface area (TPSA) is 60.9 Å². The number of nitrogens with zero attached hydrogens (tertiary/aromatic N) is 2. The van der Waals surface area contributed by atoms with E-state index in [0.29, 0.717) is 17.7 Å². The maximum atomic E-state index is 12.4. The number of alkyl halides is 3. The van der Waals surface area contributed by atoms with Crippen LogP contribution in [0.2, 0.25) is 0 Å². The Morgan fingerprint density at radius 3 is 2.53 bits per heavy atom. The van der Waals surface area contributed by atoms with E-state index in [9.17, 15) is 22.8 Å². The molecule has 19 heavy (non-hydrogen) atoms. The predicted molar refractivity (Wildman–Crippen MR) is 60.7 cm³/mol. The Balaban J connectivity index is 2.78. The average Bonchev–Trinajstić information content (AvgIpc) is 2.74. The van der Waals surface area contributed by atoms with Crippen molar-refractivity contribution < 1.29 is 27.9 Å². The van der Waals surface area contributed by atoms with Gasteiger partial charge in [-0.25, -0.2) is 9.59 Å². The zero-order chi connectivity index (χ0) is 14.6. The lowest BCUT2D eigenvalue weighted by atomic mass is 10.2. The monoisotopic (exact) mass is 282 g/mol. The number of aliphatic carboxylic acids is 1. The number of halogens is 3. The summed E-state index contributed by atoms with van der Waals surface area (Å²) in [5, 5.41) is 8.94. The molecule has 0 aromatic carbocycles. The van der Waals surface area contributed by atoms with Gasteiger partial charge < -0.3 is 14.9 Å². The van der Waals surface area contributed by atoms with Gasteiger partial charge in [0.15, 0.2) is 0 Å². The lowest BCUT2D eigenvalue weighted by Gasteiger charge is -2.30. The van der Waals surface area contributed by atoms with E-state index in [1.165, 1.54) is 0 Å². The van der Waals surface area contributed by atoms with E-state index in [2.05, 4.69) is 0 Å². The van der Waals surface area contributed by atoms with Crippen LogP contribution in [-0.2, 0) is 4.79 Å². The van der Waals surface area contributed by atoms with Crippen molar-refractivity contribution in [2.24, 2.45) is 0 Å². The minimum Gasteiger partial charge on any atom is -0.480 e. The number of carboxylic acid groups (broad SMARTS) is 1. The number of carboxylic acids is 1. The second-order valence-corrected chi connectivity index (χ2v) is 4.51. The summed E-state index contributed by atoms with van der Waals surface area (Å²) in [6.45, 7) is 0.465. The summed E-state index contributed by atoms with van der Waals surface area (Å²) in [7, 11) is 0. The maximum Gasteiger partial charge on any atom is 0.406 e. The van der Waals surface area contributed by atoms with Gasteiger partial charge in [0.2, 0.25) is 0 Å². The van der Waals surface area contributed by atoms with Crippen LogP contribution >= 0.6 is 0 Å². The number of urea groups is 1. The van der Waals surface area contributed by atoms with Crippen LogP contribution in [0, 0.1) is 0 Å². The molecule has 1 atom stereocenters. The molecule has 2 amide bonds. The number of hydrogen-bond donors (Lipinski definition) is 1. The first-order valence-corrected chi connectivity index (χ1v) is 6.11. The van der Waals surface area contributed by atoms with E-state index >= 15 is 0 Å². The fourth-order valence-corrected chi connectivity index (χ4v) is 2.16. The number of amides is 2. The van der Waals surface area contributed by atoms with Gasteiger partial charge in [-0.2, -0.15) is 13.2 Å². The highest BCUT2D eigenvalue weighted by molar-refractivity contribution is 5.83. The van der Waals surface area contributed by atoms with E-state index in [4.69, 9.17) is 5.11 Å². The summed E-state index contributed by atoms with van der Waals surface area (Å²) in [5.74, 6) is -1.17. The van der Waals surface area contributed by atoms with Crippen molar-refractivity contribution in [3.8, 4) is 0 Å². The number of rotatable bonds is 4. The molecule has 0 saturated carbocycles. The Bertz CT molecular complexity index is 347. The minimum absolute atomic E-state index is 0.0405. The van der Waals surface area contributed by atoms with Crippen LogP contribution in [0.25, 0.3) is 0 Å². The Hall–Kier alpha value is -1.47. The highest BCUT2D eigenvalue weighted by Crippen LogP contribution is 2.22. The smallest absolute Gasteiger partial charge is 0.406 e. The molecule has 110 valence electrons. The van der Waals surface area contributed by atoms with E-state index in [-0.39, 0.29) is 19.5 Å². The summed E-state index contributed by atoms with van der Waals surface area (Å²) in [5.41, 5.74) is 0. The summed E-state index contributed by atoms with van der Waals surface area (Å²) < 4.78 is 37.2. The Morgan fingerprint density at radius 1 is 1.42 bits per heavy atom. The summed E-state index contributed by atoms with van der Waals surface area (Å²) in [6.07, 6.45) is -3.32. The van der Waals surface area contributed by atoms with Crippen LogP contribution in [0.3, 0.4) is 0 Å². The van der Waals surface area contributed by atoms with Crippen molar-refractivity contribution in [2.75, 3.05) is 19.6 Å². The van der Waals surface area contributed by atoms with Crippen LogP contribution in [0.15, 0.2) is 0 Å². The van der Waals surface area contributed by atoms with Gasteiger partial charge in [-0.3, -0.25) is 0 Å². The van der Waals surface area contributed by atoms with Gasteiger partial charge in [0.05, 0.1) is 0 Å². The van der Waals surface area contributed by atoms with E-state index in [1.807, 2.05) is 0 Å². The van der Waals surface area contributed by atoms with Gasteiger partial charge in [0.25, 0.3) is 0 Å². The number of hydrogen-bond acceptors (Lipinski definition) is 2. The van der Waals surface area contributed by atoms with E-state index < -0.39 is 30.8 Å². The van der Waals surface area contributed by atoms with Gasteiger partial charge in [-0.05, 0) is 19.3 Å². The molecule has 0 aliphatic carbocycles. The summed E-state index contributed by atoms with van der Waals surface area (Å²) >= 11 is 0. The van der Waals surface area contributed by atoms with Gasteiger partial charge >= 0.3 is 18.2 Å². The van der Waals surface area contributed by atoms with Crippen molar-refractivity contribution in [1.29, 1.82) is 0 Å². The zero-order valence-corrected chi connectivity index (χ0v) is 10.6. The average molecular weight is 282 g/mol. The van der Waals surface area contributed by atoms with Crippen LogP contribution in [0.1, 0.15) is 26.2 Å². The summed E-state index contributed by atoms with van der Waals surface area (Å²) in [6, 6.07) is -1.86. The lowest BCUT2D eigenvalue weighted by Crippen LogP contribution is -2.50. The standard InChI is InChI=1S/C11H17F3N2O3/c1-2-5-15(7-11(12,13)14)10(19)16-6-3-4-8(16)9(17)18/h8H,2-7H2,1H3,(H,17,18)/t8-/m0/s1. The van der Waals surface area contributed by atoms with Crippen LogP contribution in [0.4, 0.5) is 18.0 Å². The third-order valence-electron chi connectivity index (χ3n) is 2.92. The molecular formula is C11H17F3N2O3. The normalized spacial score (nSPS) is 19.6. The molecule has 1 saturated heterocycles. The first-order chi connectivity index (χ1) is 8.76. The van der Waals surface area contributed by atoms with Crippen molar-refractivity contribution in [1.82, 2.24) is 9.80 Å². The predicted octanol–water partition coefficient (Wildman–Crippen LogP) is 1.93. The molecule has 5 nitrogen and oxygen atoms in total. The van der Waals surface area contributed by atoms with Gasteiger partial charge in [-0.1, -0.05) is 6.92 Å². The molecule has 1 aliphatic rings. The van der Waals surface area contributed by atoms with Crippen molar-refractivity contribution in [3.63, 3.8) is 0 Å². The molecule has 1 fully saturated rings. The van der Waals surface area contributed by atoms with Gasteiger partial charge in [0, 0.05) is 13.1 Å². The first-order valence-electron chi connectivity index (χ1n) is 6.11. The number of likely N-dealkylation sites (tertiary alicyclic amines) is 1. The van der Waals surface area contributed by atoms with Crippen molar-refractivity contribution >= 4 is 12.0 Å². The van der Waals surface area contributed by atoms with Crippen LogP contribution in [-0.4, -0.2) is 58.8 Å². The van der Waals surface area contributed by atoms with Gasteiger partial charge in [0.1, 0.15) is 12.6 Å². The third kappa shape index (κ3) is 4.29. The number of carbonyl (C=O) groups is 2. The molecule has 0 radical (unpaired) electrons. The molecule has 0 bridgehead atoms. The highest BCUT2D eigenvalue weighted by atomic mass is 19.4. The fraction of sp³-hybridized carbons (Fsp3) is 0.818. The largest absolute Gasteiger partial charge is 0.480 e. The van der Waals surface area contributed by atoms with Crippen molar-refractivity contribution in [3.05, 3.63) is 0 Å². The van der Waals surface area contributed by atoms with E-state index in [1.54, 1.807) is 6.92 Å². The van der Waals surface area contributed by atoms with E-state index in [0.717, 1.165) is 4.90 Å². The Morgan fingerprint density at radius 2 is 2.05 bits per heavy atom. The molecule has 0 spiro atoms. The van der Waals surface area contributed by atoms with Crippen LogP contribution < -0.4 is 0 Å². The maximum absolute atomic E-state index is 12.4. The molecule has 8 heteroatoms. The molecule has 1 aliphatic heterocycles. The van der Waals surface area contributed by atoms with Gasteiger partial charge in [-0.15, -0.1) is 0 Å². The minimum atomic E-state index is -4.48. The Kier molecular flexibility index (Phi) is 5.02. The molecule has 0 aromatic heterocycles. The lowest BCUT2D eigenvalue weighted by molar-refractivity contribution is -0.144. The molecule has 1 heterocycles. The third-order valence-corrected chi connectivity index (χ3v) is 2.92. The summed E-state index contributed by atoms with van der Waals surface area (Å²) in [4.78, 5) is 24.6. The fourth-order valence-electron chi connectivity index (χ4n) is 2.16. The van der Waals surface area contributed by atoms with Crippen molar-refractivity contribution in [2.45, 2.75) is 38.4 Å². The SMILES string of the molecule is CCCN(CC(F)(F)F)C(=O)N1CCC[C@H]1C(=O)O.